The summed E-state index contributed by atoms with van der Waals surface area (Å²) in [4.78, 5) is 0. The Morgan fingerprint density at radius 2 is 1.52 bits per heavy atom. The number of hydrogen-bond acceptors (Lipinski definition) is 4. The first-order valence-corrected chi connectivity index (χ1v) is 9.40. The normalized spacial score (nSPS) is 12.0. The predicted octanol–water partition coefficient (Wildman–Crippen LogP) is 3.69. The van der Waals surface area contributed by atoms with Crippen LogP contribution in [0, 0.1) is 0 Å². The van der Waals surface area contributed by atoms with Crippen molar-refractivity contribution in [1.29, 1.82) is 0 Å². The van der Waals surface area contributed by atoms with Crippen molar-refractivity contribution in [2.24, 2.45) is 0 Å². The fraction of sp³-hybridized carbons (Fsp3) is 0.500. The zero-order chi connectivity index (χ0) is 15.6. The largest absolute Gasteiger partial charge is 0.540 e. The molecule has 0 aromatic heterocycles. The van der Waals surface area contributed by atoms with Crippen molar-refractivity contribution in [3.63, 3.8) is 0 Å². The number of rotatable bonds is 10. The highest BCUT2D eigenvalue weighted by Gasteiger charge is 2.42. The van der Waals surface area contributed by atoms with Gasteiger partial charge in [0.2, 0.25) is 0 Å². The van der Waals surface area contributed by atoms with Crippen LogP contribution in [0.2, 0.25) is 0 Å². The summed E-state index contributed by atoms with van der Waals surface area (Å²) in [5.41, 5.74) is 1.03. The van der Waals surface area contributed by atoms with Gasteiger partial charge in [0.25, 0.3) is 0 Å². The number of hydrogen-bond donors (Lipinski definition) is 0. The topological polar surface area (TPSA) is 36.9 Å². The Hall–Kier alpha value is -1.14. The van der Waals surface area contributed by atoms with E-state index in [1.807, 2.05) is 64.1 Å². The molecule has 21 heavy (non-hydrogen) atoms. The Bertz CT molecular complexity index is 417. The zero-order valence-electron chi connectivity index (χ0n) is 13.4. The van der Waals surface area contributed by atoms with Crippen LogP contribution in [0.1, 0.15) is 33.3 Å². The summed E-state index contributed by atoms with van der Waals surface area (Å²) < 4.78 is 23.3. The SMILES string of the molecule is CC=Cc1ccccc1OC[Si](OCC)(OCC)OCC. The minimum Gasteiger partial charge on any atom is -0.488 e. The average Bonchev–Trinajstić information content (AvgIpc) is 2.48. The second-order valence-corrected chi connectivity index (χ2v) is 6.83. The molecule has 0 heterocycles. The van der Waals surface area contributed by atoms with Crippen LogP contribution in [-0.2, 0) is 13.3 Å². The molecule has 0 fully saturated rings. The van der Waals surface area contributed by atoms with E-state index in [-0.39, 0.29) is 0 Å². The van der Waals surface area contributed by atoms with Crippen LogP contribution in [0.3, 0.4) is 0 Å². The van der Waals surface area contributed by atoms with E-state index in [1.54, 1.807) is 0 Å². The minimum atomic E-state index is -2.77. The van der Waals surface area contributed by atoms with Gasteiger partial charge in [0.15, 0.2) is 6.23 Å². The first-order valence-electron chi connectivity index (χ1n) is 7.47. The van der Waals surface area contributed by atoms with Gasteiger partial charge in [-0.25, -0.2) is 0 Å². The maximum Gasteiger partial charge on any atom is 0.540 e. The summed E-state index contributed by atoms with van der Waals surface area (Å²) in [6.45, 7) is 9.44. The van der Waals surface area contributed by atoms with Gasteiger partial charge < -0.3 is 18.0 Å². The van der Waals surface area contributed by atoms with Crippen molar-refractivity contribution in [2.45, 2.75) is 27.7 Å². The van der Waals surface area contributed by atoms with E-state index >= 15 is 0 Å². The van der Waals surface area contributed by atoms with Gasteiger partial charge in [-0.2, -0.15) is 0 Å². The number of benzene rings is 1. The third kappa shape index (κ3) is 5.63. The van der Waals surface area contributed by atoms with Crippen LogP contribution in [0.4, 0.5) is 0 Å². The molecule has 0 aliphatic carbocycles. The molecule has 1 aromatic carbocycles. The Morgan fingerprint density at radius 1 is 0.952 bits per heavy atom. The van der Waals surface area contributed by atoms with Gasteiger partial charge in [-0.15, -0.1) is 0 Å². The molecule has 1 aromatic rings. The molecule has 0 aliphatic rings. The Kier molecular flexibility index (Phi) is 8.30. The van der Waals surface area contributed by atoms with E-state index < -0.39 is 8.80 Å². The fourth-order valence-electron chi connectivity index (χ4n) is 2.01. The van der Waals surface area contributed by atoms with Crippen molar-refractivity contribution < 1.29 is 18.0 Å². The first kappa shape index (κ1) is 17.9. The van der Waals surface area contributed by atoms with Gasteiger partial charge in [0.1, 0.15) is 5.75 Å². The van der Waals surface area contributed by atoms with E-state index in [4.69, 9.17) is 18.0 Å². The van der Waals surface area contributed by atoms with Crippen molar-refractivity contribution in [3.8, 4) is 5.75 Å². The first-order chi connectivity index (χ1) is 10.2. The van der Waals surface area contributed by atoms with Crippen LogP contribution in [0.5, 0.6) is 5.75 Å². The molecule has 0 saturated heterocycles. The quantitative estimate of drug-likeness (QED) is 0.618. The van der Waals surface area contributed by atoms with E-state index in [2.05, 4.69) is 0 Å². The molecule has 0 spiro atoms. The van der Waals surface area contributed by atoms with Crippen molar-refractivity contribution in [3.05, 3.63) is 35.9 Å². The lowest BCUT2D eigenvalue weighted by Crippen LogP contribution is -2.51. The summed E-state index contributed by atoms with van der Waals surface area (Å²) in [6, 6.07) is 7.90. The molecule has 0 bridgehead atoms. The molecule has 0 saturated carbocycles. The molecule has 5 heteroatoms. The van der Waals surface area contributed by atoms with Gasteiger partial charge in [-0.3, -0.25) is 0 Å². The molecular formula is C16H26O4Si. The maximum atomic E-state index is 5.95. The van der Waals surface area contributed by atoms with E-state index in [1.165, 1.54) is 0 Å². The lowest BCUT2D eigenvalue weighted by Gasteiger charge is -2.28. The Balaban J connectivity index is 2.84. The van der Waals surface area contributed by atoms with Crippen molar-refractivity contribution >= 4 is 14.9 Å². The highest BCUT2D eigenvalue weighted by molar-refractivity contribution is 6.60. The van der Waals surface area contributed by atoms with Crippen LogP contribution >= 0.6 is 0 Å². The number of para-hydroxylation sites is 1. The highest BCUT2D eigenvalue weighted by Crippen LogP contribution is 2.21. The maximum absolute atomic E-state index is 5.95. The van der Waals surface area contributed by atoms with Gasteiger partial charge in [-0.05, 0) is 33.8 Å². The van der Waals surface area contributed by atoms with Crippen LogP contribution in [0.25, 0.3) is 6.08 Å². The molecule has 0 unspecified atom stereocenters. The molecular weight excluding hydrogens is 284 g/mol. The highest BCUT2D eigenvalue weighted by atomic mass is 28.4. The predicted molar refractivity (Wildman–Crippen MR) is 87.3 cm³/mol. The van der Waals surface area contributed by atoms with Crippen LogP contribution in [0.15, 0.2) is 30.3 Å². The Morgan fingerprint density at radius 3 is 2.05 bits per heavy atom. The minimum absolute atomic E-state index is 0.317. The number of allylic oxidation sites excluding steroid dienone is 1. The third-order valence-electron chi connectivity index (χ3n) is 2.76. The lowest BCUT2D eigenvalue weighted by molar-refractivity contribution is 0.0541. The molecule has 0 N–H and O–H groups in total. The lowest BCUT2D eigenvalue weighted by atomic mass is 10.2. The van der Waals surface area contributed by atoms with E-state index in [0.29, 0.717) is 26.1 Å². The van der Waals surface area contributed by atoms with Crippen molar-refractivity contribution in [1.82, 2.24) is 0 Å². The molecule has 1 rings (SSSR count). The molecule has 0 amide bonds. The zero-order valence-corrected chi connectivity index (χ0v) is 14.4. The Labute approximate surface area is 129 Å². The van der Waals surface area contributed by atoms with Crippen LogP contribution in [-0.4, -0.2) is 34.9 Å². The molecule has 4 nitrogen and oxygen atoms in total. The van der Waals surface area contributed by atoms with E-state index in [9.17, 15) is 0 Å². The van der Waals surface area contributed by atoms with Crippen LogP contribution < -0.4 is 4.74 Å². The van der Waals surface area contributed by atoms with Crippen molar-refractivity contribution in [2.75, 3.05) is 26.1 Å². The standard InChI is InChI=1S/C16H26O4Si/c1-5-11-15-12-9-10-13-16(15)17-14-21(18-6-2,19-7-3)20-8-4/h5,9-13H,6-8,14H2,1-4H3. The monoisotopic (exact) mass is 310 g/mol. The van der Waals surface area contributed by atoms with Gasteiger partial charge >= 0.3 is 8.80 Å². The molecule has 0 radical (unpaired) electrons. The molecule has 0 atom stereocenters. The summed E-state index contributed by atoms with van der Waals surface area (Å²) >= 11 is 0. The van der Waals surface area contributed by atoms with Gasteiger partial charge in [0.05, 0.1) is 0 Å². The molecule has 118 valence electrons. The van der Waals surface area contributed by atoms with E-state index in [0.717, 1.165) is 11.3 Å². The second kappa shape index (κ2) is 9.73. The average molecular weight is 310 g/mol. The fourth-order valence-corrected chi connectivity index (χ4v) is 4.16. The number of ether oxygens (including phenoxy) is 1. The summed E-state index contributed by atoms with van der Waals surface area (Å²) in [5.74, 6) is 0.812. The third-order valence-corrected chi connectivity index (χ3v) is 5.45. The summed E-state index contributed by atoms with van der Waals surface area (Å²) in [6.07, 6.45) is 4.32. The second-order valence-electron chi connectivity index (χ2n) is 4.31. The van der Waals surface area contributed by atoms with Gasteiger partial charge in [-0.1, -0.05) is 30.4 Å². The molecule has 0 aliphatic heterocycles. The summed E-state index contributed by atoms with van der Waals surface area (Å²) in [7, 11) is -2.77. The smallest absolute Gasteiger partial charge is 0.488 e. The van der Waals surface area contributed by atoms with Gasteiger partial charge in [0, 0.05) is 25.4 Å². The summed E-state index contributed by atoms with van der Waals surface area (Å²) in [5, 5.41) is 0.